The zero-order valence-corrected chi connectivity index (χ0v) is 9.51. The number of anilines is 2. The molecule has 0 radical (unpaired) electrons. The van der Waals surface area contributed by atoms with Crippen molar-refractivity contribution in [3.63, 3.8) is 0 Å². The Morgan fingerprint density at radius 3 is 3.06 bits per heavy atom. The topological polar surface area (TPSA) is 73.5 Å². The first-order valence-corrected chi connectivity index (χ1v) is 5.23. The number of hydrogen-bond acceptors (Lipinski definition) is 6. The molecule has 0 aromatic carbocycles. The van der Waals surface area contributed by atoms with Crippen molar-refractivity contribution in [2.45, 2.75) is 13.0 Å². The van der Waals surface area contributed by atoms with Gasteiger partial charge in [0.15, 0.2) is 5.82 Å². The lowest BCUT2D eigenvalue weighted by molar-refractivity contribution is 0.0530. The van der Waals surface area contributed by atoms with E-state index in [9.17, 15) is 0 Å². The van der Waals surface area contributed by atoms with Crippen LogP contribution < -0.4 is 15.4 Å². The lowest BCUT2D eigenvalue weighted by atomic mass is 10.3. The van der Waals surface area contributed by atoms with E-state index in [0.717, 1.165) is 18.9 Å². The van der Waals surface area contributed by atoms with E-state index in [-0.39, 0.29) is 6.10 Å². The second kappa shape index (κ2) is 4.52. The van der Waals surface area contributed by atoms with Gasteiger partial charge in [0, 0.05) is 13.1 Å². The third-order valence-electron chi connectivity index (χ3n) is 2.56. The highest BCUT2D eigenvalue weighted by Crippen LogP contribution is 2.28. The molecule has 2 heterocycles. The third kappa shape index (κ3) is 2.01. The van der Waals surface area contributed by atoms with Crippen LogP contribution in [-0.4, -0.2) is 42.9 Å². The highest BCUT2D eigenvalue weighted by molar-refractivity contribution is 5.67. The molecule has 1 atom stereocenters. The van der Waals surface area contributed by atoms with E-state index in [2.05, 4.69) is 14.9 Å². The van der Waals surface area contributed by atoms with E-state index in [1.807, 2.05) is 6.92 Å². The molecule has 0 saturated carbocycles. The first kappa shape index (κ1) is 10.9. The number of methoxy groups -OCH3 is 1. The summed E-state index contributed by atoms with van der Waals surface area (Å²) in [6.07, 6.45) is 1.65. The Bertz CT molecular complexity index is 372. The number of ether oxygens (including phenoxy) is 2. The van der Waals surface area contributed by atoms with Crippen LogP contribution >= 0.6 is 0 Å². The molecule has 88 valence electrons. The predicted octanol–water partition coefficient (Wildman–Crippen LogP) is 0.292. The molecule has 2 N–H and O–H groups in total. The van der Waals surface area contributed by atoms with Crippen LogP contribution in [-0.2, 0) is 4.74 Å². The van der Waals surface area contributed by atoms with E-state index in [0.29, 0.717) is 18.2 Å². The summed E-state index contributed by atoms with van der Waals surface area (Å²) in [5.74, 6) is 1.14. The minimum Gasteiger partial charge on any atom is -0.479 e. The number of morpholine rings is 1. The van der Waals surface area contributed by atoms with Gasteiger partial charge >= 0.3 is 0 Å². The van der Waals surface area contributed by atoms with Gasteiger partial charge in [-0.05, 0) is 6.92 Å². The van der Waals surface area contributed by atoms with Crippen molar-refractivity contribution >= 4 is 11.5 Å². The van der Waals surface area contributed by atoms with Gasteiger partial charge in [-0.1, -0.05) is 0 Å². The first-order chi connectivity index (χ1) is 7.72. The van der Waals surface area contributed by atoms with E-state index < -0.39 is 0 Å². The SMILES string of the molecule is COc1ncnc(N2CCOC(C)C2)c1N. The Hall–Kier alpha value is -1.56. The maximum absolute atomic E-state index is 5.94. The Kier molecular flexibility index (Phi) is 3.09. The van der Waals surface area contributed by atoms with Gasteiger partial charge in [0.1, 0.15) is 12.0 Å². The zero-order valence-electron chi connectivity index (χ0n) is 9.51. The van der Waals surface area contributed by atoms with Gasteiger partial charge in [-0.25, -0.2) is 4.98 Å². The number of aromatic nitrogens is 2. The maximum Gasteiger partial charge on any atom is 0.242 e. The van der Waals surface area contributed by atoms with E-state index >= 15 is 0 Å². The van der Waals surface area contributed by atoms with Gasteiger partial charge in [0.25, 0.3) is 0 Å². The summed E-state index contributed by atoms with van der Waals surface area (Å²) in [4.78, 5) is 10.2. The highest BCUT2D eigenvalue weighted by atomic mass is 16.5. The molecule has 0 spiro atoms. The molecule has 1 unspecified atom stereocenters. The summed E-state index contributed by atoms with van der Waals surface area (Å²) in [7, 11) is 1.55. The third-order valence-corrected chi connectivity index (χ3v) is 2.56. The number of rotatable bonds is 2. The summed E-state index contributed by atoms with van der Waals surface area (Å²) >= 11 is 0. The molecule has 1 aromatic heterocycles. The number of nitrogen functional groups attached to an aromatic ring is 1. The lowest BCUT2D eigenvalue weighted by Crippen LogP contribution is -2.41. The fraction of sp³-hybridized carbons (Fsp3) is 0.600. The molecule has 1 aliphatic heterocycles. The second-order valence-electron chi connectivity index (χ2n) is 3.75. The average Bonchev–Trinajstić information content (AvgIpc) is 2.29. The second-order valence-corrected chi connectivity index (χ2v) is 3.75. The van der Waals surface area contributed by atoms with Crippen LogP contribution in [0.4, 0.5) is 11.5 Å². The largest absolute Gasteiger partial charge is 0.479 e. The number of nitrogens with two attached hydrogens (primary N) is 1. The van der Waals surface area contributed by atoms with Crippen LogP contribution in [0.25, 0.3) is 0 Å². The Morgan fingerprint density at radius 1 is 1.56 bits per heavy atom. The first-order valence-electron chi connectivity index (χ1n) is 5.23. The smallest absolute Gasteiger partial charge is 0.242 e. The molecule has 0 bridgehead atoms. The van der Waals surface area contributed by atoms with Crippen LogP contribution in [0.5, 0.6) is 5.88 Å². The molecule has 1 fully saturated rings. The van der Waals surface area contributed by atoms with Crippen molar-refractivity contribution in [3.05, 3.63) is 6.33 Å². The molecule has 16 heavy (non-hydrogen) atoms. The van der Waals surface area contributed by atoms with E-state index in [4.69, 9.17) is 15.2 Å². The molecule has 1 saturated heterocycles. The minimum absolute atomic E-state index is 0.189. The number of nitrogens with zero attached hydrogens (tertiary/aromatic N) is 3. The fourth-order valence-electron chi connectivity index (χ4n) is 1.80. The Morgan fingerprint density at radius 2 is 2.38 bits per heavy atom. The molecule has 0 aliphatic carbocycles. The molecular weight excluding hydrogens is 208 g/mol. The quantitative estimate of drug-likeness (QED) is 0.778. The summed E-state index contributed by atoms with van der Waals surface area (Å²) in [6.45, 7) is 4.28. The minimum atomic E-state index is 0.189. The molecule has 1 aromatic rings. The van der Waals surface area contributed by atoms with Crippen LogP contribution in [0, 0.1) is 0 Å². The molecule has 1 aliphatic rings. The van der Waals surface area contributed by atoms with Crippen molar-refractivity contribution < 1.29 is 9.47 Å². The standard InChI is InChI=1S/C10H16N4O2/c1-7-5-14(3-4-16-7)9-8(11)10(15-2)13-6-12-9/h6-7H,3-5,11H2,1-2H3. The Balaban J connectivity index is 2.25. The molecule has 0 amide bonds. The van der Waals surface area contributed by atoms with Gasteiger partial charge in [0.2, 0.25) is 5.88 Å². The molecular formula is C10H16N4O2. The summed E-state index contributed by atoms with van der Waals surface area (Å²) < 4.78 is 10.5. The molecule has 6 heteroatoms. The van der Waals surface area contributed by atoms with Crippen molar-refractivity contribution in [2.75, 3.05) is 37.4 Å². The maximum atomic E-state index is 5.94. The predicted molar refractivity (Wildman–Crippen MR) is 60.6 cm³/mol. The fourth-order valence-corrected chi connectivity index (χ4v) is 1.80. The molecule has 2 rings (SSSR count). The monoisotopic (exact) mass is 224 g/mol. The number of hydrogen-bond donors (Lipinski definition) is 1. The normalized spacial score (nSPS) is 20.9. The van der Waals surface area contributed by atoms with E-state index in [1.165, 1.54) is 6.33 Å². The molecule has 6 nitrogen and oxygen atoms in total. The lowest BCUT2D eigenvalue weighted by Gasteiger charge is -2.32. The van der Waals surface area contributed by atoms with Gasteiger partial charge in [-0.2, -0.15) is 4.98 Å². The van der Waals surface area contributed by atoms with Gasteiger partial charge in [-0.3, -0.25) is 0 Å². The van der Waals surface area contributed by atoms with Crippen LogP contribution in [0.2, 0.25) is 0 Å². The summed E-state index contributed by atoms with van der Waals surface area (Å²) in [5, 5.41) is 0. The van der Waals surface area contributed by atoms with Crippen LogP contribution in [0.15, 0.2) is 6.33 Å². The van der Waals surface area contributed by atoms with Crippen LogP contribution in [0.3, 0.4) is 0 Å². The van der Waals surface area contributed by atoms with Gasteiger partial charge < -0.3 is 20.1 Å². The van der Waals surface area contributed by atoms with Crippen LogP contribution in [0.1, 0.15) is 6.92 Å². The summed E-state index contributed by atoms with van der Waals surface area (Å²) in [5.41, 5.74) is 6.42. The summed E-state index contributed by atoms with van der Waals surface area (Å²) in [6, 6.07) is 0. The van der Waals surface area contributed by atoms with Gasteiger partial charge in [-0.15, -0.1) is 0 Å². The van der Waals surface area contributed by atoms with Crippen molar-refractivity contribution in [1.29, 1.82) is 0 Å². The average molecular weight is 224 g/mol. The zero-order chi connectivity index (χ0) is 11.5. The van der Waals surface area contributed by atoms with Crippen molar-refractivity contribution in [2.24, 2.45) is 0 Å². The Labute approximate surface area is 94.4 Å². The van der Waals surface area contributed by atoms with Crippen molar-refractivity contribution in [1.82, 2.24) is 9.97 Å². The van der Waals surface area contributed by atoms with Gasteiger partial charge in [0.05, 0.1) is 19.8 Å². The van der Waals surface area contributed by atoms with Crippen molar-refractivity contribution in [3.8, 4) is 5.88 Å². The van der Waals surface area contributed by atoms with E-state index in [1.54, 1.807) is 7.11 Å². The highest BCUT2D eigenvalue weighted by Gasteiger charge is 2.21.